The first kappa shape index (κ1) is 11.7. The third kappa shape index (κ3) is 4.08. The number of non-ortho nitro benzene ring substituents is 1. The summed E-state index contributed by atoms with van der Waals surface area (Å²) in [4.78, 5) is 10.0. The lowest BCUT2D eigenvalue weighted by Crippen LogP contribution is -2.15. The molecule has 0 unspecified atom stereocenters. The zero-order valence-corrected chi connectivity index (χ0v) is 10.2. The van der Waals surface area contributed by atoms with Crippen LogP contribution >= 0.6 is 0 Å². The standard InChI is InChI=1S/C11H15NO2Si/c1-15(2,3)9-8-10-4-6-11(7-5-10)12(13)14/h4-9H,1-3H3/b9-8+. The molecule has 0 N–H and O–H groups in total. The van der Waals surface area contributed by atoms with Gasteiger partial charge in [0.15, 0.2) is 0 Å². The first-order chi connectivity index (χ1) is 6.88. The lowest BCUT2D eigenvalue weighted by Gasteiger charge is -2.07. The van der Waals surface area contributed by atoms with Crippen molar-refractivity contribution in [1.29, 1.82) is 0 Å². The third-order valence-corrected chi connectivity index (χ3v) is 3.05. The first-order valence-corrected chi connectivity index (χ1v) is 8.40. The molecule has 15 heavy (non-hydrogen) atoms. The normalized spacial score (nSPS) is 11.9. The molecule has 0 radical (unpaired) electrons. The van der Waals surface area contributed by atoms with E-state index in [1.165, 1.54) is 12.1 Å². The molecule has 1 rings (SSSR count). The van der Waals surface area contributed by atoms with Gasteiger partial charge in [-0.25, -0.2) is 0 Å². The minimum Gasteiger partial charge on any atom is -0.258 e. The van der Waals surface area contributed by atoms with Gasteiger partial charge in [0.1, 0.15) is 0 Å². The van der Waals surface area contributed by atoms with Crippen molar-refractivity contribution < 1.29 is 4.92 Å². The smallest absolute Gasteiger partial charge is 0.258 e. The Balaban J connectivity index is 2.82. The molecular weight excluding hydrogens is 206 g/mol. The van der Waals surface area contributed by atoms with E-state index < -0.39 is 8.07 Å². The van der Waals surface area contributed by atoms with Crippen LogP contribution in [0.4, 0.5) is 5.69 Å². The Morgan fingerprint density at radius 1 is 1.20 bits per heavy atom. The maximum Gasteiger partial charge on any atom is 0.269 e. The Bertz CT molecular complexity index is 377. The summed E-state index contributed by atoms with van der Waals surface area (Å²) in [5.41, 5.74) is 3.37. The minimum atomic E-state index is -1.19. The number of rotatable bonds is 3. The molecule has 0 fully saturated rings. The second-order valence-corrected chi connectivity index (χ2v) is 9.61. The Hall–Kier alpha value is -1.42. The van der Waals surface area contributed by atoms with E-state index in [1.807, 2.05) is 6.08 Å². The SMILES string of the molecule is C[Si](C)(C)/C=C/c1ccc([N+](=O)[O-])cc1. The number of hydrogen-bond donors (Lipinski definition) is 0. The van der Waals surface area contributed by atoms with Crippen molar-refractivity contribution in [3.05, 3.63) is 45.6 Å². The van der Waals surface area contributed by atoms with Crippen molar-refractivity contribution >= 4 is 19.8 Å². The van der Waals surface area contributed by atoms with Crippen LogP contribution in [0.1, 0.15) is 5.56 Å². The molecule has 4 heteroatoms. The maximum atomic E-state index is 10.4. The summed E-state index contributed by atoms with van der Waals surface area (Å²) < 4.78 is 0. The Kier molecular flexibility index (Phi) is 3.42. The number of benzene rings is 1. The van der Waals surface area contributed by atoms with Gasteiger partial charge in [0.25, 0.3) is 5.69 Å². The van der Waals surface area contributed by atoms with Crippen LogP contribution in [0.15, 0.2) is 30.0 Å². The molecule has 0 atom stereocenters. The largest absolute Gasteiger partial charge is 0.269 e. The highest BCUT2D eigenvalue weighted by Gasteiger charge is 2.07. The third-order valence-electron chi connectivity index (χ3n) is 1.88. The summed E-state index contributed by atoms with van der Waals surface area (Å²) in [7, 11) is -1.19. The molecule has 0 aliphatic heterocycles. The van der Waals surface area contributed by atoms with E-state index in [1.54, 1.807) is 12.1 Å². The molecule has 0 aliphatic rings. The second-order valence-electron chi connectivity index (χ2n) is 4.55. The van der Waals surface area contributed by atoms with Gasteiger partial charge in [-0.2, -0.15) is 0 Å². The molecule has 0 spiro atoms. The highest BCUT2D eigenvalue weighted by molar-refractivity contribution is 6.81. The summed E-state index contributed by atoms with van der Waals surface area (Å²) in [5.74, 6) is 0. The van der Waals surface area contributed by atoms with E-state index in [9.17, 15) is 10.1 Å². The monoisotopic (exact) mass is 221 g/mol. The molecule has 0 amide bonds. The van der Waals surface area contributed by atoms with E-state index >= 15 is 0 Å². The van der Waals surface area contributed by atoms with E-state index in [4.69, 9.17) is 0 Å². The van der Waals surface area contributed by atoms with Gasteiger partial charge in [-0.15, -0.1) is 0 Å². The summed E-state index contributed by atoms with van der Waals surface area (Å²) in [6.07, 6.45) is 2.04. The zero-order valence-electron chi connectivity index (χ0n) is 9.23. The van der Waals surface area contributed by atoms with Gasteiger partial charge in [-0.05, 0) is 17.7 Å². The second kappa shape index (κ2) is 4.40. The lowest BCUT2D eigenvalue weighted by atomic mass is 10.2. The van der Waals surface area contributed by atoms with Gasteiger partial charge in [0.05, 0.1) is 13.0 Å². The van der Waals surface area contributed by atoms with E-state index in [-0.39, 0.29) is 10.6 Å². The predicted molar refractivity (Wildman–Crippen MR) is 65.5 cm³/mol. The van der Waals surface area contributed by atoms with Gasteiger partial charge in [-0.1, -0.05) is 31.4 Å². The van der Waals surface area contributed by atoms with E-state index in [2.05, 4.69) is 25.3 Å². The summed E-state index contributed by atoms with van der Waals surface area (Å²) in [6, 6.07) is 6.61. The van der Waals surface area contributed by atoms with E-state index in [0.29, 0.717) is 0 Å². The fraction of sp³-hybridized carbons (Fsp3) is 0.273. The first-order valence-electron chi connectivity index (χ1n) is 4.82. The average molecular weight is 221 g/mol. The number of nitro groups is 1. The van der Waals surface area contributed by atoms with Crippen LogP contribution in [0.5, 0.6) is 0 Å². The average Bonchev–Trinajstić information content (AvgIpc) is 2.14. The van der Waals surface area contributed by atoms with Crippen molar-refractivity contribution in [3.63, 3.8) is 0 Å². The zero-order chi connectivity index (χ0) is 11.5. The van der Waals surface area contributed by atoms with Crippen LogP contribution in [-0.2, 0) is 0 Å². The minimum absolute atomic E-state index is 0.139. The molecule has 0 aromatic heterocycles. The van der Waals surface area contributed by atoms with E-state index in [0.717, 1.165) is 5.56 Å². The Morgan fingerprint density at radius 2 is 1.73 bits per heavy atom. The van der Waals surface area contributed by atoms with Crippen LogP contribution < -0.4 is 0 Å². The maximum absolute atomic E-state index is 10.4. The van der Waals surface area contributed by atoms with Crippen LogP contribution in [0.25, 0.3) is 6.08 Å². The fourth-order valence-electron chi connectivity index (χ4n) is 1.05. The molecule has 0 bridgehead atoms. The molecule has 1 aromatic rings. The molecule has 0 saturated carbocycles. The number of nitrogens with zero attached hydrogens (tertiary/aromatic N) is 1. The van der Waals surface area contributed by atoms with Gasteiger partial charge in [0, 0.05) is 12.1 Å². The quantitative estimate of drug-likeness (QED) is 0.445. The van der Waals surface area contributed by atoms with Crippen LogP contribution in [0, 0.1) is 10.1 Å². The molecule has 80 valence electrons. The summed E-state index contributed by atoms with van der Waals surface area (Å²) in [6.45, 7) is 6.73. The van der Waals surface area contributed by atoms with Crippen LogP contribution in [-0.4, -0.2) is 13.0 Å². The molecule has 0 aliphatic carbocycles. The fourth-order valence-corrected chi connectivity index (χ4v) is 1.75. The van der Waals surface area contributed by atoms with Gasteiger partial charge >= 0.3 is 0 Å². The van der Waals surface area contributed by atoms with Gasteiger partial charge in [0.2, 0.25) is 0 Å². The highest BCUT2D eigenvalue weighted by Crippen LogP contribution is 2.14. The molecule has 1 aromatic carbocycles. The highest BCUT2D eigenvalue weighted by atomic mass is 28.3. The number of hydrogen-bond acceptors (Lipinski definition) is 2. The lowest BCUT2D eigenvalue weighted by molar-refractivity contribution is -0.384. The van der Waals surface area contributed by atoms with Crippen LogP contribution in [0.2, 0.25) is 19.6 Å². The summed E-state index contributed by atoms with van der Waals surface area (Å²) in [5, 5.41) is 10.4. The summed E-state index contributed by atoms with van der Waals surface area (Å²) >= 11 is 0. The topological polar surface area (TPSA) is 43.1 Å². The number of nitro benzene ring substituents is 1. The van der Waals surface area contributed by atoms with Crippen molar-refractivity contribution in [2.24, 2.45) is 0 Å². The van der Waals surface area contributed by atoms with Gasteiger partial charge in [-0.3, -0.25) is 10.1 Å². The molecule has 0 heterocycles. The predicted octanol–water partition coefficient (Wildman–Crippen LogP) is 3.49. The van der Waals surface area contributed by atoms with Crippen molar-refractivity contribution in [2.75, 3.05) is 0 Å². The Morgan fingerprint density at radius 3 is 2.13 bits per heavy atom. The Labute approximate surface area is 90.6 Å². The van der Waals surface area contributed by atoms with Crippen molar-refractivity contribution in [3.8, 4) is 0 Å². The molecular formula is C11H15NO2Si. The van der Waals surface area contributed by atoms with Crippen molar-refractivity contribution in [2.45, 2.75) is 19.6 Å². The van der Waals surface area contributed by atoms with Gasteiger partial charge < -0.3 is 0 Å². The van der Waals surface area contributed by atoms with Crippen molar-refractivity contribution in [1.82, 2.24) is 0 Å². The molecule has 3 nitrogen and oxygen atoms in total. The molecule has 0 saturated heterocycles. The van der Waals surface area contributed by atoms with Crippen LogP contribution in [0.3, 0.4) is 0 Å².